The number of hydrogen-bond acceptors (Lipinski definition) is 5. The van der Waals surface area contributed by atoms with E-state index in [-0.39, 0.29) is 5.56 Å². The summed E-state index contributed by atoms with van der Waals surface area (Å²) in [5.74, 6) is -0.681. The van der Waals surface area contributed by atoms with Crippen LogP contribution in [0.3, 0.4) is 0 Å². The van der Waals surface area contributed by atoms with Gasteiger partial charge in [-0.05, 0) is 30.0 Å². The topological polar surface area (TPSA) is 60.4 Å². The van der Waals surface area contributed by atoms with Crippen LogP contribution in [-0.2, 0) is 20.5 Å². The summed E-state index contributed by atoms with van der Waals surface area (Å²) in [6.07, 6.45) is 2.16. The molecule has 0 fully saturated rings. The van der Waals surface area contributed by atoms with Crippen LogP contribution >= 0.6 is 23.6 Å². The third kappa shape index (κ3) is 2.05. The molecular weight excluding hydrogens is 284 g/mol. The molecule has 0 radical (unpaired) electrons. The van der Waals surface area contributed by atoms with Crippen LogP contribution in [-0.4, -0.2) is 25.2 Å². The second-order valence-corrected chi connectivity index (χ2v) is 7.19. The maximum absolute atomic E-state index is 12.0. The summed E-state index contributed by atoms with van der Waals surface area (Å²) < 4.78 is 27.6. The second-order valence-electron chi connectivity index (χ2n) is 3.60. The second kappa shape index (κ2) is 4.51. The largest absolute Gasteiger partial charge is 0.356 e. The molecule has 0 spiro atoms. The van der Waals surface area contributed by atoms with E-state index >= 15 is 0 Å². The highest BCUT2D eigenvalue weighted by Gasteiger charge is 2.36. The number of benzene rings is 1. The summed E-state index contributed by atoms with van der Waals surface area (Å²) in [4.78, 5) is 11.5. The van der Waals surface area contributed by atoms with Gasteiger partial charge in [-0.15, -0.1) is 11.8 Å². The standard InChI is InChI=1S/C10H9ClO4S2/c1-16-9-5-7-4-6(10(12)15-11)2-3-8(7)17(9,13)14/h2-4,9H,5H2,1H3. The zero-order valence-electron chi connectivity index (χ0n) is 8.84. The predicted octanol–water partition coefficient (Wildman–Crippen LogP) is 2.02. The van der Waals surface area contributed by atoms with E-state index in [1.165, 1.54) is 30.0 Å². The Balaban J connectivity index is 2.49. The fraction of sp³-hybridized carbons (Fsp3) is 0.300. The molecule has 0 saturated heterocycles. The Morgan fingerprint density at radius 2 is 2.24 bits per heavy atom. The molecule has 1 aromatic carbocycles. The first-order valence-electron chi connectivity index (χ1n) is 4.73. The van der Waals surface area contributed by atoms with Gasteiger partial charge in [0.1, 0.15) is 16.4 Å². The average Bonchev–Trinajstić information content (AvgIpc) is 2.59. The maximum atomic E-state index is 12.0. The third-order valence-electron chi connectivity index (χ3n) is 2.67. The Morgan fingerprint density at radius 3 is 2.82 bits per heavy atom. The van der Waals surface area contributed by atoms with E-state index in [1.54, 1.807) is 6.26 Å². The number of hydrogen-bond donors (Lipinski definition) is 0. The van der Waals surface area contributed by atoms with Crippen molar-refractivity contribution in [2.24, 2.45) is 0 Å². The minimum atomic E-state index is -3.27. The molecule has 0 amide bonds. The molecule has 0 saturated carbocycles. The van der Waals surface area contributed by atoms with Gasteiger partial charge < -0.3 is 4.29 Å². The van der Waals surface area contributed by atoms with Crippen LogP contribution in [0.2, 0.25) is 0 Å². The van der Waals surface area contributed by atoms with E-state index in [2.05, 4.69) is 4.29 Å². The fourth-order valence-electron chi connectivity index (χ4n) is 1.83. The summed E-state index contributed by atoms with van der Waals surface area (Å²) in [6.45, 7) is 0. The van der Waals surface area contributed by atoms with Crippen molar-refractivity contribution in [1.29, 1.82) is 0 Å². The molecule has 1 aliphatic rings. The summed E-state index contributed by atoms with van der Waals surface area (Å²) in [6, 6.07) is 4.36. The van der Waals surface area contributed by atoms with E-state index in [4.69, 9.17) is 11.9 Å². The van der Waals surface area contributed by atoms with E-state index in [9.17, 15) is 13.2 Å². The molecule has 4 nitrogen and oxygen atoms in total. The molecular formula is C10H9ClO4S2. The Labute approximate surface area is 108 Å². The van der Waals surface area contributed by atoms with Crippen molar-refractivity contribution >= 4 is 39.4 Å². The van der Waals surface area contributed by atoms with Crippen LogP contribution in [0.25, 0.3) is 0 Å². The average molecular weight is 293 g/mol. The van der Waals surface area contributed by atoms with Gasteiger partial charge in [0.2, 0.25) is 0 Å². The summed E-state index contributed by atoms with van der Waals surface area (Å²) in [5.41, 5.74) is 0.902. The first-order valence-corrected chi connectivity index (χ1v) is 7.87. The van der Waals surface area contributed by atoms with Gasteiger partial charge in [0.05, 0.1) is 10.5 Å². The van der Waals surface area contributed by atoms with Crippen LogP contribution < -0.4 is 0 Å². The first kappa shape index (κ1) is 12.7. The number of sulfone groups is 1. The smallest absolute Gasteiger partial charge is 0.343 e. The van der Waals surface area contributed by atoms with Crippen LogP contribution in [0.1, 0.15) is 15.9 Å². The predicted molar refractivity (Wildman–Crippen MR) is 65.9 cm³/mol. The molecule has 0 N–H and O–H groups in total. The van der Waals surface area contributed by atoms with Crippen molar-refractivity contribution in [2.45, 2.75) is 15.9 Å². The molecule has 1 heterocycles. The Bertz CT molecular complexity index is 568. The summed E-state index contributed by atoms with van der Waals surface area (Å²) in [7, 11) is -3.27. The molecule has 0 aliphatic carbocycles. The van der Waals surface area contributed by atoms with Gasteiger partial charge in [0.25, 0.3) is 0 Å². The van der Waals surface area contributed by atoms with Gasteiger partial charge in [-0.1, -0.05) is 0 Å². The van der Waals surface area contributed by atoms with Crippen LogP contribution in [0.4, 0.5) is 0 Å². The SMILES string of the molecule is CSC1Cc2cc(C(=O)OCl)ccc2S1(=O)=O. The van der Waals surface area contributed by atoms with Gasteiger partial charge in [-0.25, -0.2) is 13.2 Å². The number of carbonyl (C=O) groups is 1. The van der Waals surface area contributed by atoms with Gasteiger partial charge in [0, 0.05) is 6.42 Å². The van der Waals surface area contributed by atoms with Crippen molar-refractivity contribution < 1.29 is 17.5 Å². The highest BCUT2D eigenvalue weighted by Crippen LogP contribution is 2.36. The maximum Gasteiger partial charge on any atom is 0.356 e. The Kier molecular flexibility index (Phi) is 3.38. The zero-order chi connectivity index (χ0) is 12.6. The molecule has 7 heteroatoms. The Morgan fingerprint density at radius 1 is 1.53 bits per heavy atom. The van der Waals surface area contributed by atoms with Crippen molar-refractivity contribution in [3.05, 3.63) is 29.3 Å². The normalized spacial score (nSPS) is 20.9. The van der Waals surface area contributed by atoms with Crippen molar-refractivity contribution in [1.82, 2.24) is 0 Å². The lowest BCUT2D eigenvalue weighted by Gasteiger charge is -2.03. The van der Waals surface area contributed by atoms with Crippen LogP contribution in [0, 0.1) is 0 Å². The number of carbonyl (C=O) groups excluding carboxylic acids is 1. The molecule has 1 aliphatic heterocycles. The number of rotatable bonds is 2. The molecule has 1 aromatic rings. The quantitative estimate of drug-likeness (QED) is 0.834. The monoisotopic (exact) mass is 292 g/mol. The zero-order valence-corrected chi connectivity index (χ0v) is 11.2. The lowest BCUT2D eigenvalue weighted by atomic mass is 10.1. The lowest BCUT2D eigenvalue weighted by molar-refractivity contribution is 0.0751. The molecule has 2 rings (SSSR count). The number of halogens is 1. The van der Waals surface area contributed by atoms with Crippen molar-refractivity contribution in [2.75, 3.05) is 6.26 Å². The van der Waals surface area contributed by atoms with Crippen molar-refractivity contribution in [3.63, 3.8) is 0 Å². The minimum absolute atomic E-state index is 0.260. The van der Waals surface area contributed by atoms with E-state index < -0.39 is 20.4 Å². The van der Waals surface area contributed by atoms with E-state index in [1.807, 2.05) is 0 Å². The summed E-state index contributed by atoms with van der Waals surface area (Å²) in [5, 5.41) is 0. The fourth-order valence-corrected chi connectivity index (χ4v) is 5.04. The molecule has 17 heavy (non-hydrogen) atoms. The molecule has 1 unspecified atom stereocenters. The number of fused-ring (bicyclic) bond motifs is 1. The molecule has 1 atom stereocenters. The summed E-state index contributed by atoms with van der Waals surface area (Å²) >= 11 is 6.26. The van der Waals surface area contributed by atoms with Gasteiger partial charge in [0.15, 0.2) is 9.84 Å². The van der Waals surface area contributed by atoms with Crippen LogP contribution in [0.5, 0.6) is 0 Å². The minimum Gasteiger partial charge on any atom is -0.343 e. The lowest BCUT2D eigenvalue weighted by Crippen LogP contribution is -2.11. The Hall–Kier alpha value is -0.720. The van der Waals surface area contributed by atoms with Crippen molar-refractivity contribution in [3.8, 4) is 0 Å². The molecule has 0 aromatic heterocycles. The molecule has 0 bridgehead atoms. The molecule has 92 valence electrons. The van der Waals surface area contributed by atoms with Gasteiger partial charge >= 0.3 is 5.97 Å². The third-order valence-corrected chi connectivity index (χ3v) is 6.71. The highest BCUT2D eigenvalue weighted by molar-refractivity contribution is 8.13. The van der Waals surface area contributed by atoms with Gasteiger partial charge in [-0.3, -0.25) is 0 Å². The highest BCUT2D eigenvalue weighted by atomic mass is 35.5. The van der Waals surface area contributed by atoms with Gasteiger partial charge in [-0.2, -0.15) is 0 Å². The van der Waals surface area contributed by atoms with E-state index in [0.717, 1.165) is 0 Å². The van der Waals surface area contributed by atoms with Crippen LogP contribution in [0.15, 0.2) is 23.1 Å². The number of thioether (sulfide) groups is 1. The van der Waals surface area contributed by atoms with E-state index in [0.29, 0.717) is 16.9 Å². The first-order chi connectivity index (χ1) is 8.00.